The van der Waals surface area contributed by atoms with E-state index in [2.05, 4.69) is 39.2 Å². The van der Waals surface area contributed by atoms with Crippen LogP contribution in [-0.4, -0.2) is 87.3 Å². The number of hydrogen-bond acceptors (Lipinski definition) is 6. The van der Waals surface area contributed by atoms with Crippen LogP contribution in [0.4, 0.5) is 10.6 Å². The smallest absolute Gasteiger partial charge is 0.321 e. The van der Waals surface area contributed by atoms with Crippen molar-refractivity contribution in [2.75, 3.05) is 38.7 Å². The number of H-pyrrole nitrogens is 1. The minimum Gasteiger partial charge on any atom is -0.385 e. The van der Waals surface area contributed by atoms with Gasteiger partial charge in [0.15, 0.2) is 5.82 Å². The lowest BCUT2D eigenvalue weighted by molar-refractivity contribution is 0.0315. The quantitative estimate of drug-likeness (QED) is 0.630. The van der Waals surface area contributed by atoms with Crippen LogP contribution in [0.15, 0.2) is 24.4 Å². The molecule has 184 valence electrons. The standard InChI is InChI=1S/C24H35N7O3/c1-16-14-30(17(2)13-29(16)11-8-12-34-5)23(33)31-15-18-20(24(31,3)4)27-28-21(18)26-22(32)19-9-6-7-10-25-19/h6-7,9-10,16-17H,8,11-15H2,1-5H3,(H2,26,27,28,32)/t16-,17-/m0/s1. The number of pyridine rings is 1. The van der Waals surface area contributed by atoms with E-state index in [1.165, 1.54) is 0 Å². The Kier molecular flexibility index (Phi) is 6.90. The second-order valence-corrected chi connectivity index (χ2v) is 9.71. The van der Waals surface area contributed by atoms with Crippen molar-refractivity contribution in [1.82, 2.24) is 29.9 Å². The maximum atomic E-state index is 13.7. The van der Waals surface area contributed by atoms with Gasteiger partial charge in [-0.1, -0.05) is 6.07 Å². The zero-order valence-electron chi connectivity index (χ0n) is 20.7. The predicted octanol–water partition coefficient (Wildman–Crippen LogP) is 2.66. The first-order chi connectivity index (χ1) is 16.2. The molecular weight excluding hydrogens is 434 g/mol. The maximum absolute atomic E-state index is 13.7. The van der Waals surface area contributed by atoms with Crippen LogP contribution in [0.25, 0.3) is 0 Å². The predicted molar refractivity (Wildman–Crippen MR) is 128 cm³/mol. The van der Waals surface area contributed by atoms with Gasteiger partial charge in [0, 0.05) is 57.2 Å². The highest BCUT2D eigenvalue weighted by Gasteiger charge is 2.46. The number of hydrogen-bond donors (Lipinski definition) is 2. The zero-order valence-corrected chi connectivity index (χ0v) is 20.7. The molecule has 0 aromatic carbocycles. The molecule has 10 nitrogen and oxygen atoms in total. The Morgan fingerprint density at radius 3 is 2.74 bits per heavy atom. The number of ether oxygens (including phenoxy) is 1. The Hall–Kier alpha value is -2.98. The number of rotatable bonds is 6. The van der Waals surface area contributed by atoms with Gasteiger partial charge in [-0.25, -0.2) is 4.79 Å². The molecule has 10 heteroatoms. The van der Waals surface area contributed by atoms with Gasteiger partial charge < -0.3 is 19.9 Å². The average Bonchev–Trinajstić information content (AvgIpc) is 3.34. The van der Waals surface area contributed by atoms with Gasteiger partial charge in [-0.05, 0) is 46.2 Å². The molecule has 4 heterocycles. The van der Waals surface area contributed by atoms with Crippen LogP contribution in [0, 0.1) is 0 Å². The van der Waals surface area contributed by atoms with Crippen LogP contribution in [0.1, 0.15) is 55.9 Å². The van der Waals surface area contributed by atoms with Crippen molar-refractivity contribution in [1.29, 1.82) is 0 Å². The fraction of sp³-hybridized carbons (Fsp3) is 0.583. The summed E-state index contributed by atoms with van der Waals surface area (Å²) in [6, 6.07) is 5.56. The minimum absolute atomic E-state index is 0.00694. The van der Waals surface area contributed by atoms with Gasteiger partial charge in [0.25, 0.3) is 5.91 Å². The molecule has 3 amide bonds. The van der Waals surface area contributed by atoms with Gasteiger partial charge in [-0.15, -0.1) is 0 Å². The molecular formula is C24H35N7O3. The number of aromatic amines is 1. The Bertz CT molecular complexity index is 1020. The SMILES string of the molecule is COCCCN1C[C@H](C)N(C(=O)N2Cc3c(NC(=O)c4ccccn4)n[nH]c3C2(C)C)C[C@@H]1C. The van der Waals surface area contributed by atoms with E-state index in [9.17, 15) is 9.59 Å². The Morgan fingerprint density at radius 1 is 1.24 bits per heavy atom. The molecule has 0 spiro atoms. The summed E-state index contributed by atoms with van der Waals surface area (Å²) in [6.07, 6.45) is 2.56. The lowest BCUT2D eigenvalue weighted by Crippen LogP contribution is -2.61. The number of carbonyl (C=O) groups is 2. The molecule has 1 saturated heterocycles. The van der Waals surface area contributed by atoms with Gasteiger partial charge in [0.05, 0.1) is 17.8 Å². The first-order valence-corrected chi connectivity index (χ1v) is 11.8. The first-order valence-electron chi connectivity index (χ1n) is 11.8. The van der Waals surface area contributed by atoms with Crippen LogP contribution in [0.5, 0.6) is 0 Å². The van der Waals surface area contributed by atoms with E-state index in [0.29, 0.717) is 24.6 Å². The van der Waals surface area contributed by atoms with E-state index in [4.69, 9.17) is 4.74 Å². The molecule has 2 aliphatic rings. The third-order valence-corrected chi connectivity index (χ3v) is 6.98. The second kappa shape index (κ2) is 9.71. The number of methoxy groups -OCH3 is 1. The molecule has 0 radical (unpaired) electrons. The fourth-order valence-corrected chi connectivity index (χ4v) is 4.94. The van der Waals surface area contributed by atoms with E-state index in [1.54, 1.807) is 31.5 Å². The van der Waals surface area contributed by atoms with Crippen LogP contribution in [0.2, 0.25) is 0 Å². The monoisotopic (exact) mass is 469 g/mol. The lowest BCUT2D eigenvalue weighted by Gasteiger charge is -2.46. The van der Waals surface area contributed by atoms with Crippen LogP contribution >= 0.6 is 0 Å². The van der Waals surface area contributed by atoms with Crippen molar-refractivity contribution >= 4 is 17.8 Å². The number of carbonyl (C=O) groups excluding carboxylic acids is 2. The van der Waals surface area contributed by atoms with Gasteiger partial charge >= 0.3 is 6.03 Å². The summed E-state index contributed by atoms with van der Waals surface area (Å²) in [5, 5.41) is 10.2. The number of nitrogens with one attached hydrogen (secondary N) is 2. The van der Waals surface area contributed by atoms with E-state index in [1.807, 2.05) is 23.6 Å². The summed E-state index contributed by atoms with van der Waals surface area (Å²) < 4.78 is 5.19. The zero-order chi connectivity index (χ0) is 24.5. The Labute approximate surface area is 200 Å². The highest BCUT2D eigenvalue weighted by atomic mass is 16.5. The number of fused-ring (bicyclic) bond motifs is 1. The fourth-order valence-electron chi connectivity index (χ4n) is 4.94. The molecule has 0 unspecified atom stereocenters. The number of anilines is 1. The molecule has 2 aromatic rings. The van der Waals surface area contributed by atoms with Crippen LogP contribution in [0.3, 0.4) is 0 Å². The van der Waals surface area contributed by atoms with E-state index < -0.39 is 5.54 Å². The summed E-state index contributed by atoms with van der Waals surface area (Å²) in [7, 11) is 1.72. The summed E-state index contributed by atoms with van der Waals surface area (Å²) in [6.45, 7) is 11.9. The van der Waals surface area contributed by atoms with Crippen molar-refractivity contribution in [3.8, 4) is 0 Å². The Morgan fingerprint density at radius 2 is 2.03 bits per heavy atom. The molecule has 4 rings (SSSR count). The summed E-state index contributed by atoms with van der Waals surface area (Å²) >= 11 is 0. The molecule has 2 N–H and O–H groups in total. The highest BCUT2D eigenvalue weighted by molar-refractivity contribution is 6.02. The van der Waals surface area contributed by atoms with Gasteiger partial charge in [-0.3, -0.25) is 19.8 Å². The average molecular weight is 470 g/mol. The number of amides is 3. The normalized spacial score (nSPS) is 22.0. The summed E-state index contributed by atoms with van der Waals surface area (Å²) in [4.78, 5) is 36.7. The molecule has 2 aliphatic heterocycles. The molecule has 0 aliphatic carbocycles. The van der Waals surface area contributed by atoms with E-state index in [0.717, 1.165) is 37.4 Å². The number of nitrogens with zero attached hydrogens (tertiary/aromatic N) is 5. The number of aromatic nitrogens is 3. The second-order valence-electron chi connectivity index (χ2n) is 9.71. The molecule has 2 aromatic heterocycles. The van der Waals surface area contributed by atoms with E-state index in [-0.39, 0.29) is 24.0 Å². The maximum Gasteiger partial charge on any atom is 0.321 e. The third kappa shape index (κ3) is 4.52. The Balaban J connectivity index is 1.46. The summed E-state index contributed by atoms with van der Waals surface area (Å²) in [5.74, 6) is 0.114. The number of piperazine rings is 1. The molecule has 0 bridgehead atoms. The van der Waals surface area contributed by atoms with Crippen molar-refractivity contribution in [2.45, 2.75) is 58.3 Å². The van der Waals surface area contributed by atoms with Crippen molar-refractivity contribution in [2.24, 2.45) is 0 Å². The largest absolute Gasteiger partial charge is 0.385 e. The molecule has 1 fully saturated rings. The van der Waals surface area contributed by atoms with Gasteiger partial charge in [0.2, 0.25) is 0 Å². The molecule has 2 atom stereocenters. The topological polar surface area (TPSA) is 107 Å². The number of urea groups is 1. The minimum atomic E-state index is -0.577. The van der Waals surface area contributed by atoms with Gasteiger partial charge in [-0.2, -0.15) is 5.10 Å². The molecule has 34 heavy (non-hydrogen) atoms. The highest BCUT2D eigenvalue weighted by Crippen LogP contribution is 2.41. The summed E-state index contributed by atoms with van der Waals surface area (Å²) in [5.41, 5.74) is 1.42. The van der Waals surface area contributed by atoms with E-state index >= 15 is 0 Å². The van der Waals surface area contributed by atoms with Gasteiger partial charge in [0.1, 0.15) is 5.69 Å². The third-order valence-electron chi connectivity index (χ3n) is 6.98. The molecule has 0 saturated carbocycles. The van der Waals surface area contributed by atoms with Crippen molar-refractivity contribution in [3.63, 3.8) is 0 Å². The lowest BCUT2D eigenvalue weighted by atomic mass is 10.0. The first kappa shape index (κ1) is 24.2. The van der Waals surface area contributed by atoms with Crippen molar-refractivity contribution in [3.05, 3.63) is 41.3 Å². The van der Waals surface area contributed by atoms with Crippen molar-refractivity contribution < 1.29 is 14.3 Å². The van der Waals surface area contributed by atoms with Crippen LogP contribution in [-0.2, 0) is 16.8 Å². The van der Waals surface area contributed by atoms with Crippen LogP contribution < -0.4 is 5.32 Å².